The molecule has 1 N–H and O–H groups in total. The van der Waals surface area contributed by atoms with Crippen molar-refractivity contribution in [2.24, 2.45) is 0 Å². The number of fused-ring (bicyclic) bond motifs is 1. The zero-order chi connectivity index (χ0) is 20.1. The maximum absolute atomic E-state index is 13.4. The Kier molecular flexibility index (Phi) is 4.45. The number of nitrogens with one attached hydrogen (secondary N) is 1. The van der Waals surface area contributed by atoms with Crippen molar-refractivity contribution in [2.75, 3.05) is 12.4 Å². The highest BCUT2D eigenvalue weighted by atomic mass is 35.5. The van der Waals surface area contributed by atoms with Crippen LogP contribution in [0.25, 0.3) is 16.7 Å². The quantitative estimate of drug-likeness (QED) is 0.614. The van der Waals surface area contributed by atoms with Gasteiger partial charge in [0.1, 0.15) is 5.82 Å². The predicted octanol–water partition coefficient (Wildman–Crippen LogP) is 4.86. The third-order valence-electron chi connectivity index (χ3n) is 3.64. The monoisotopic (exact) mass is 409 g/mol. The van der Waals surface area contributed by atoms with E-state index in [1.807, 2.05) is 0 Å². The van der Waals surface area contributed by atoms with Crippen LogP contribution in [0, 0.1) is 6.92 Å². The Morgan fingerprint density at radius 1 is 1.07 bits per heavy atom. The van der Waals surface area contributed by atoms with Gasteiger partial charge in [0.2, 0.25) is 0 Å². The van der Waals surface area contributed by atoms with Crippen molar-refractivity contribution in [1.29, 1.82) is 0 Å². The Labute approximate surface area is 153 Å². The molecule has 3 aromatic heterocycles. The smallest absolute Gasteiger partial charge is 0.372 e. The Bertz CT molecular complexity index is 1020. The number of anilines is 1. The molecule has 0 aliphatic heterocycles. The van der Waals surface area contributed by atoms with E-state index in [-0.39, 0.29) is 28.2 Å². The van der Waals surface area contributed by atoms with Gasteiger partial charge in [-0.15, -0.1) is 0 Å². The number of aryl methyl sites for hydroxylation is 1. The minimum Gasteiger partial charge on any atom is -0.372 e. The predicted molar refractivity (Wildman–Crippen MR) is 86.0 cm³/mol. The van der Waals surface area contributed by atoms with E-state index < -0.39 is 28.6 Å². The Hall–Kier alpha value is -2.56. The molecular formula is C15H10ClF6N5. The first kappa shape index (κ1) is 19.2. The number of pyridine rings is 2. The third-order valence-corrected chi connectivity index (χ3v) is 3.92. The van der Waals surface area contributed by atoms with E-state index in [1.54, 1.807) is 0 Å². The lowest BCUT2D eigenvalue weighted by Gasteiger charge is -2.12. The molecule has 27 heavy (non-hydrogen) atoms. The van der Waals surface area contributed by atoms with Gasteiger partial charge in [-0.1, -0.05) is 11.6 Å². The molecule has 12 heteroatoms. The van der Waals surface area contributed by atoms with Gasteiger partial charge in [0.15, 0.2) is 11.5 Å². The van der Waals surface area contributed by atoms with E-state index in [4.69, 9.17) is 11.6 Å². The van der Waals surface area contributed by atoms with Gasteiger partial charge >= 0.3 is 12.4 Å². The van der Waals surface area contributed by atoms with Crippen molar-refractivity contribution in [3.05, 3.63) is 40.3 Å². The average Bonchev–Trinajstić information content (AvgIpc) is 2.89. The number of halogens is 7. The van der Waals surface area contributed by atoms with Crippen molar-refractivity contribution in [3.8, 4) is 5.82 Å². The highest BCUT2D eigenvalue weighted by Gasteiger charge is 2.38. The van der Waals surface area contributed by atoms with Crippen LogP contribution in [0.5, 0.6) is 0 Å². The zero-order valence-electron chi connectivity index (χ0n) is 13.7. The van der Waals surface area contributed by atoms with E-state index in [0.29, 0.717) is 12.3 Å². The number of alkyl halides is 6. The third kappa shape index (κ3) is 3.38. The number of rotatable bonds is 2. The minimum atomic E-state index is -4.76. The maximum Gasteiger partial charge on any atom is 0.434 e. The van der Waals surface area contributed by atoms with Crippen LogP contribution in [0.15, 0.2) is 18.3 Å². The second kappa shape index (κ2) is 6.25. The van der Waals surface area contributed by atoms with Crippen LogP contribution in [-0.4, -0.2) is 26.8 Å². The molecule has 0 aliphatic carbocycles. The van der Waals surface area contributed by atoms with Gasteiger partial charge in [0.05, 0.1) is 21.5 Å². The molecule has 0 aliphatic rings. The maximum atomic E-state index is 13.4. The second-order valence-corrected chi connectivity index (χ2v) is 5.95. The molecule has 3 aromatic rings. The van der Waals surface area contributed by atoms with Gasteiger partial charge in [-0.3, -0.25) is 0 Å². The summed E-state index contributed by atoms with van der Waals surface area (Å²) >= 11 is 5.90. The van der Waals surface area contributed by atoms with Crippen molar-refractivity contribution in [1.82, 2.24) is 19.7 Å². The number of hydrogen-bond acceptors (Lipinski definition) is 4. The SMILES string of the molecule is CNc1c2c(C(F)(F)F)nc(C)cc2nn1-c1ncc(C(F)(F)F)cc1Cl. The summed E-state index contributed by atoms with van der Waals surface area (Å²) in [5.74, 6) is -0.407. The molecule has 0 aromatic carbocycles. The van der Waals surface area contributed by atoms with E-state index >= 15 is 0 Å². The minimum absolute atomic E-state index is 0.0584. The molecule has 144 valence electrons. The lowest BCUT2D eigenvalue weighted by molar-refractivity contribution is -0.140. The standard InChI is InChI=1S/C15H10ClF6N5/c1-6-3-9-10(11(25-6)15(20,21)22)13(23-2)27(26-9)12-8(16)4-7(5-24-12)14(17,18)19/h3-5,23H,1-2H3. The molecule has 0 radical (unpaired) electrons. The topological polar surface area (TPSA) is 55.6 Å². The molecule has 0 unspecified atom stereocenters. The lowest BCUT2D eigenvalue weighted by Crippen LogP contribution is -2.11. The Balaban J connectivity index is 2.31. The highest BCUT2D eigenvalue weighted by molar-refractivity contribution is 6.32. The van der Waals surface area contributed by atoms with Crippen LogP contribution >= 0.6 is 11.6 Å². The number of aromatic nitrogens is 4. The summed E-state index contributed by atoms with van der Waals surface area (Å²) in [6.45, 7) is 1.37. The first-order valence-corrected chi connectivity index (χ1v) is 7.69. The van der Waals surface area contributed by atoms with E-state index in [2.05, 4.69) is 20.4 Å². The molecule has 0 amide bonds. The van der Waals surface area contributed by atoms with Gasteiger partial charge < -0.3 is 5.32 Å². The van der Waals surface area contributed by atoms with Crippen LogP contribution in [0.4, 0.5) is 32.2 Å². The fraction of sp³-hybridized carbons (Fsp3) is 0.267. The van der Waals surface area contributed by atoms with Crippen molar-refractivity contribution in [3.63, 3.8) is 0 Å². The summed E-state index contributed by atoms with van der Waals surface area (Å²) in [4.78, 5) is 7.18. The number of nitrogens with zero attached hydrogens (tertiary/aromatic N) is 4. The van der Waals surface area contributed by atoms with Crippen LogP contribution in [0.1, 0.15) is 17.0 Å². The molecule has 3 heterocycles. The summed E-state index contributed by atoms with van der Waals surface area (Å²) in [5, 5.41) is 5.82. The molecule has 0 spiro atoms. The Morgan fingerprint density at radius 3 is 2.26 bits per heavy atom. The molecule has 0 bridgehead atoms. The second-order valence-electron chi connectivity index (χ2n) is 5.54. The van der Waals surface area contributed by atoms with E-state index in [0.717, 1.165) is 4.68 Å². The summed E-state index contributed by atoms with van der Waals surface area (Å²) in [7, 11) is 1.34. The molecule has 3 rings (SSSR count). The highest BCUT2D eigenvalue weighted by Crippen LogP contribution is 2.39. The van der Waals surface area contributed by atoms with Crippen molar-refractivity contribution < 1.29 is 26.3 Å². The first-order valence-electron chi connectivity index (χ1n) is 7.32. The van der Waals surface area contributed by atoms with E-state index in [9.17, 15) is 26.3 Å². The molecule has 0 saturated heterocycles. The van der Waals surface area contributed by atoms with Crippen LogP contribution < -0.4 is 5.32 Å². The van der Waals surface area contributed by atoms with Crippen LogP contribution in [0.2, 0.25) is 5.02 Å². The largest absolute Gasteiger partial charge is 0.434 e. The summed E-state index contributed by atoms with van der Waals surface area (Å²) < 4.78 is 79.4. The van der Waals surface area contributed by atoms with Crippen LogP contribution in [0.3, 0.4) is 0 Å². The van der Waals surface area contributed by atoms with Gasteiger partial charge in [-0.25, -0.2) is 9.97 Å². The molecule has 0 fully saturated rings. The van der Waals surface area contributed by atoms with Gasteiger partial charge in [0.25, 0.3) is 0 Å². The zero-order valence-corrected chi connectivity index (χ0v) is 14.4. The number of hydrogen-bond donors (Lipinski definition) is 1. The van der Waals surface area contributed by atoms with Crippen molar-refractivity contribution in [2.45, 2.75) is 19.3 Å². The molecule has 0 atom stereocenters. The van der Waals surface area contributed by atoms with Crippen LogP contribution in [-0.2, 0) is 12.4 Å². The summed E-state index contributed by atoms with van der Waals surface area (Å²) in [5.41, 5.74) is -2.24. The fourth-order valence-corrected chi connectivity index (χ4v) is 2.81. The van der Waals surface area contributed by atoms with Gasteiger partial charge in [-0.2, -0.15) is 36.1 Å². The average molecular weight is 410 g/mol. The summed E-state index contributed by atoms with van der Waals surface area (Å²) in [6.07, 6.45) is -8.90. The van der Waals surface area contributed by atoms with E-state index in [1.165, 1.54) is 20.0 Å². The molecule has 0 saturated carbocycles. The van der Waals surface area contributed by atoms with Crippen molar-refractivity contribution >= 4 is 28.3 Å². The first-order chi connectivity index (χ1) is 12.4. The fourth-order valence-electron chi connectivity index (χ4n) is 2.56. The Morgan fingerprint density at radius 2 is 1.74 bits per heavy atom. The molecule has 5 nitrogen and oxygen atoms in total. The normalized spacial score (nSPS) is 12.6. The van der Waals surface area contributed by atoms with Gasteiger partial charge in [0, 0.05) is 18.9 Å². The lowest BCUT2D eigenvalue weighted by atomic mass is 10.2. The molecular weight excluding hydrogens is 400 g/mol. The van der Waals surface area contributed by atoms with Gasteiger partial charge in [-0.05, 0) is 19.1 Å². The summed E-state index contributed by atoms with van der Waals surface area (Å²) in [6, 6.07) is 1.95.